The number of nitrogens with zero attached hydrogens (tertiary/aromatic N) is 2. The molecular weight excluding hydrogens is 423 g/mol. The van der Waals surface area contributed by atoms with Crippen molar-refractivity contribution < 1.29 is 13.9 Å². The van der Waals surface area contributed by atoms with Crippen LogP contribution in [0.25, 0.3) is 22.0 Å². The Kier molecular flexibility index (Phi) is 5.26. The van der Waals surface area contributed by atoms with E-state index >= 15 is 0 Å². The molecule has 1 amide bonds. The minimum absolute atomic E-state index is 0.127. The van der Waals surface area contributed by atoms with Crippen molar-refractivity contribution in [2.45, 2.75) is 12.5 Å². The number of aromatic amines is 1. The molecule has 33 heavy (non-hydrogen) atoms. The lowest BCUT2D eigenvalue weighted by atomic mass is 10.0. The van der Waals surface area contributed by atoms with Crippen molar-refractivity contribution in [1.82, 2.24) is 10.2 Å². The lowest BCUT2D eigenvalue weighted by Gasteiger charge is -2.18. The third kappa shape index (κ3) is 3.80. The highest BCUT2D eigenvalue weighted by molar-refractivity contribution is 6.01. The van der Waals surface area contributed by atoms with Gasteiger partial charge in [-0.1, -0.05) is 30.3 Å². The topological polar surface area (TPSA) is 87.3 Å². The van der Waals surface area contributed by atoms with Crippen LogP contribution < -0.4 is 20.5 Å². The number of carbonyl (C=O) groups excluding carboxylic acids is 1. The van der Waals surface area contributed by atoms with Gasteiger partial charge in [0.05, 0.1) is 23.9 Å². The smallest absolute Gasteiger partial charge is 0.272 e. The molecule has 5 rings (SSSR count). The SMILES string of the molecule is COc1ccc(F)c(NC2CCN(c3ccc(-c4n[nH]c(=O)c5ccccc45)cc3)C2=O)c1. The molecule has 2 N–H and O–H groups in total. The number of hydrogen-bond acceptors (Lipinski definition) is 5. The molecule has 0 radical (unpaired) electrons. The Labute approximate surface area is 188 Å². The van der Waals surface area contributed by atoms with Crippen LogP contribution in [-0.4, -0.2) is 35.8 Å². The molecule has 0 spiro atoms. The number of halogens is 1. The Morgan fingerprint density at radius 2 is 1.82 bits per heavy atom. The predicted molar refractivity (Wildman–Crippen MR) is 125 cm³/mol. The summed E-state index contributed by atoms with van der Waals surface area (Å²) in [4.78, 5) is 26.7. The summed E-state index contributed by atoms with van der Waals surface area (Å²) >= 11 is 0. The quantitative estimate of drug-likeness (QED) is 0.487. The van der Waals surface area contributed by atoms with Gasteiger partial charge in [-0.25, -0.2) is 9.49 Å². The van der Waals surface area contributed by atoms with Crippen LogP contribution in [-0.2, 0) is 4.79 Å². The maximum Gasteiger partial charge on any atom is 0.272 e. The monoisotopic (exact) mass is 444 g/mol. The van der Waals surface area contributed by atoms with Gasteiger partial charge in [0.2, 0.25) is 5.91 Å². The first-order chi connectivity index (χ1) is 16.0. The lowest BCUT2D eigenvalue weighted by molar-refractivity contribution is -0.117. The minimum Gasteiger partial charge on any atom is -0.497 e. The number of anilines is 2. The summed E-state index contributed by atoms with van der Waals surface area (Å²) in [6, 6.07) is 18.6. The number of amides is 1. The van der Waals surface area contributed by atoms with Gasteiger partial charge in [-0.15, -0.1) is 0 Å². The number of ether oxygens (including phenoxy) is 1. The molecule has 1 unspecified atom stereocenters. The molecule has 166 valence electrons. The number of rotatable bonds is 5. The Balaban J connectivity index is 1.37. The number of aromatic nitrogens is 2. The number of nitrogens with one attached hydrogen (secondary N) is 2. The average molecular weight is 444 g/mol. The van der Waals surface area contributed by atoms with E-state index in [2.05, 4.69) is 15.5 Å². The van der Waals surface area contributed by atoms with Gasteiger partial charge in [0, 0.05) is 29.2 Å². The summed E-state index contributed by atoms with van der Waals surface area (Å²) in [5.74, 6) is -0.0511. The molecule has 1 fully saturated rings. The molecule has 1 saturated heterocycles. The highest BCUT2D eigenvalue weighted by atomic mass is 19.1. The van der Waals surface area contributed by atoms with Crippen molar-refractivity contribution in [1.29, 1.82) is 0 Å². The van der Waals surface area contributed by atoms with Gasteiger partial charge >= 0.3 is 0 Å². The first-order valence-electron chi connectivity index (χ1n) is 10.5. The number of H-pyrrole nitrogens is 1. The van der Waals surface area contributed by atoms with Crippen LogP contribution in [0.2, 0.25) is 0 Å². The van der Waals surface area contributed by atoms with Crippen molar-refractivity contribution in [2.75, 3.05) is 23.9 Å². The molecule has 2 heterocycles. The van der Waals surface area contributed by atoms with E-state index in [4.69, 9.17) is 4.74 Å². The second-order valence-electron chi connectivity index (χ2n) is 7.82. The standard InChI is InChI=1S/C25H21FN4O3/c1-33-17-10-11-20(26)22(14-17)27-21-12-13-30(25(21)32)16-8-6-15(7-9-16)23-18-4-2-3-5-19(18)24(31)29-28-23/h2-11,14,21,27H,12-13H2,1H3,(H,29,31). The van der Waals surface area contributed by atoms with Crippen LogP contribution in [0.5, 0.6) is 5.75 Å². The van der Waals surface area contributed by atoms with Gasteiger partial charge in [-0.3, -0.25) is 9.59 Å². The van der Waals surface area contributed by atoms with Gasteiger partial charge in [0.15, 0.2) is 0 Å². The van der Waals surface area contributed by atoms with E-state index in [1.807, 2.05) is 42.5 Å². The fourth-order valence-corrected chi connectivity index (χ4v) is 4.13. The van der Waals surface area contributed by atoms with Crippen LogP contribution in [0.3, 0.4) is 0 Å². The Morgan fingerprint density at radius 3 is 2.58 bits per heavy atom. The number of carbonyl (C=O) groups is 1. The van der Waals surface area contributed by atoms with Crippen LogP contribution in [0, 0.1) is 5.82 Å². The molecular formula is C25H21FN4O3. The van der Waals surface area contributed by atoms with Gasteiger partial charge in [0.25, 0.3) is 5.56 Å². The minimum atomic E-state index is -0.531. The van der Waals surface area contributed by atoms with E-state index in [1.165, 1.54) is 19.2 Å². The van der Waals surface area contributed by atoms with Crippen molar-refractivity contribution >= 4 is 28.1 Å². The fraction of sp³-hybridized carbons (Fsp3) is 0.160. The molecule has 0 aliphatic carbocycles. The molecule has 8 heteroatoms. The van der Waals surface area contributed by atoms with E-state index < -0.39 is 11.9 Å². The van der Waals surface area contributed by atoms with E-state index in [1.54, 1.807) is 17.0 Å². The summed E-state index contributed by atoms with van der Waals surface area (Å²) in [7, 11) is 1.51. The molecule has 1 atom stereocenters. The van der Waals surface area contributed by atoms with Crippen molar-refractivity contribution in [3.63, 3.8) is 0 Å². The maximum atomic E-state index is 14.2. The summed E-state index contributed by atoms with van der Waals surface area (Å²) < 4.78 is 19.3. The summed E-state index contributed by atoms with van der Waals surface area (Å²) in [6.45, 7) is 0.515. The molecule has 0 bridgehead atoms. The largest absolute Gasteiger partial charge is 0.497 e. The van der Waals surface area contributed by atoms with E-state index in [-0.39, 0.29) is 17.2 Å². The van der Waals surface area contributed by atoms with Gasteiger partial charge < -0.3 is 15.0 Å². The predicted octanol–water partition coefficient (Wildman–Crippen LogP) is 3.96. The summed E-state index contributed by atoms with van der Waals surface area (Å²) in [6.07, 6.45) is 0.545. The van der Waals surface area contributed by atoms with Gasteiger partial charge in [-0.05, 0) is 36.8 Å². The zero-order valence-corrected chi connectivity index (χ0v) is 17.8. The van der Waals surface area contributed by atoms with E-state index in [0.29, 0.717) is 29.8 Å². The average Bonchev–Trinajstić information content (AvgIpc) is 3.21. The summed E-state index contributed by atoms with van der Waals surface area (Å²) in [5.41, 5.74) is 2.23. The van der Waals surface area contributed by atoms with Crippen LogP contribution in [0.4, 0.5) is 15.8 Å². The number of methoxy groups -OCH3 is 1. The van der Waals surface area contributed by atoms with Gasteiger partial charge in [0.1, 0.15) is 17.6 Å². The highest BCUT2D eigenvalue weighted by Gasteiger charge is 2.33. The van der Waals surface area contributed by atoms with E-state index in [0.717, 1.165) is 16.6 Å². The third-order valence-corrected chi connectivity index (χ3v) is 5.86. The van der Waals surface area contributed by atoms with Crippen LogP contribution in [0.15, 0.2) is 71.5 Å². The van der Waals surface area contributed by atoms with Crippen LogP contribution >= 0.6 is 0 Å². The zero-order valence-electron chi connectivity index (χ0n) is 17.8. The number of hydrogen-bond donors (Lipinski definition) is 2. The first kappa shape index (κ1) is 20.7. The number of benzene rings is 3. The van der Waals surface area contributed by atoms with Crippen molar-refractivity contribution in [3.8, 4) is 17.0 Å². The molecule has 1 aliphatic rings. The van der Waals surface area contributed by atoms with Crippen molar-refractivity contribution in [2.24, 2.45) is 0 Å². The maximum absolute atomic E-state index is 14.2. The highest BCUT2D eigenvalue weighted by Crippen LogP contribution is 2.30. The van der Waals surface area contributed by atoms with Gasteiger partial charge in [-0.2, -0.15) is 5.10 Å². The Hall–Kier alpha value is -4.20. The molecule has 7 nitrogen and oxygen atoms in total. The Bertz CT molecular complexity index is 1400. The molecule has 3 aromatic carbocycles. The Morgan fingerprint density at radius 1 is 1.06 bits per heavy atom. The molecule has 1 aromatic heterocycles. The fourth-order valence-electron chi connectivity index (χ4n) is 4.13. The zero-order chi connectivity index (χ0) is 22.9. The second kappa shape index (κ2) is 8.38. The van der Waals surface area contributed by atoms with E-state index in [9.17, 15) is 14.0 Å². The third-order valence-electron chi connectivity index (χ3n) is 5.86. The van der Waals surface area contributed by atoms with Crippen molar-refractivity contribution in [3.05, 3.63) is 82.9 Å². The second-order valence-corrected chi connectivity index (χ2v) is 7.82. The molecule has 4 aromatic rings. The lowest BCUT2D eigenvalue weighted by Crippen LogP contribution is -2.33. The molecule has 0 saturated carbocycles. The summed E-state index contributed by atoms with van der Waals surface area (Å²) in [5, 5.41) is 11.1. The van der Waals surface area contributed by atoms with Crippen LogP contribution in [0.1, 0.15) is 6.42 Å². The normalized spacial score (nSPS) is 15.8. The number of fused-ring (bicyclic) bond motifs is 1. The first-order valence-corrected chi connectivity index (χ1v) is 10.5. The molecule has 1 aliphatic heterocycles.